The van der Waals surface area contributed by atoms with Crippen molar-refractivity contribution in [3.8, 4) is 5.75 Å². The van der Waals surface area contributed by atoms with E-state index in [1.54, 1.807) is 12.5 Å². The van der Waals surface area contributed by atoms with Crippen molar-refractivity contribution in [1.29, 1.82) is 0 Å². The Morgan fingerprint density at radius 3 is 2.77 bits per heavy atom. The van der Waals surface area contributed by atoms with Crippen molar-refractivity contribution in [2.75, 3.05) is 0 Å². The Morgan fingerprint density at radius 1 is 1.15 bits per heavy atom. The topological polar surface area (TPSA) is 44.1 Å². The summed E-state index contributed by atoms with van der Waals surface area (Å²) in [7, 11) is 0. The molecule has 5 heteroatoms. The summed E-state index contributed by atoms with van der Waals surface area (Å²) >= 11 is 6.02. The lowest BCUT2D eigenvalue weighted by molar-refractivity contribution is 0.0972. The molecule has 0 spiro atoms. The third-order valence-corrected chi connectivity index (χ3v) is 4.94. The standard InChI is InChI=1S/C21H19ClN2O2/c22-17-6-4-15(5-7-17)21(13-24-11-10-23-14-24)26-18-8-9-19-16(12-18)2-1-3-20(19)25/h4-12,14,21H,1-3,13H2. The maximum Gasteiger partial charge on any atom is 0.163 e. The van der Waals surface area contributed by atoms with Gasteiger partial charge >= 0.3 is 0 Å². The molecular formula is C21H19ClN2O2. The minimum atomic E-state index is -0.182. The first-order valence-electron chi connectivity index (χ1n) is 8.73. The number of halogens is 1. The fourth-order valence-electron chi connectivity index (χ4n) is 3.33. The minimum absolute atomic E-state index is 0.182. The van der Waals surface area contributed by atoms with E-state index in [4.69, 9.17) is 16.3 Å². The lowest BCUT2D eigenvalue weighted by Gasteiger charge is -2.22. The molecule has 4 rings (SSSR count). The van der Waals surface area contributed by atoms with E-state index in [1.807, 2.05) is 53.2 Å². The molecular weight excluding hydrogens is 348 g/mol. The highest BCUT2D eigenvalue weighted by molar-refractivity contribution is 6.30. The molecule has 1 heterocycles. The Morgan fingerprint density at radius 2 is 2.00 bits per heavy atom. The van der Waals surface area contributed by atoms with E-state index >= 15 is 0 Å². The van der Waals surface area contributed by atoms with Crippen LogP contribution in [-0.2, 0) is 13.0 Å². The highest BCUT2D eigenvalue weighted by atomic mass is 35.5. The molecule has 3 aromatic rings. The molecule has 0 fully saturated rings. The normalized spacial score (nSPS) is 14.7. The second-order valence-electron chi connectivity index (χ2n) is 6.51. The van der Waals surface area contributed by atoms with Gasteiger partial charge in [0.2, 0.25) is 0 Å². The summed E-state index contributed by atoms with van der Waals surface area (Å²) in [6.07, 6.45) is 7.73. The van der Waals surface area contributed by atoms with Crippen LogP contribution in [0.1, 0.15) is 40.4 Å². The number of ketones is 1. The number of fused-ring (bicyclic) bond motifs is 1. The molecule has 2 aromatic carbocycles. The number of benzene rings is 2. The number of aryl methyl sites for hydroxylation is 1. The number of carbonyl (C=O) groups excluding carboxylic acids is 1. The van der Waals surface area contributed by atoms with Gasteiger partial charge < -0.3 is 9.30 Å². The SMILES string of the molecule is O=C1CCCc2cc(OC(Cn3ccnc3)c3ccc(Cl)cc3)ccc21. The average molecular weight is 367 g/mol. The molecule has 0 saturated heterocycles. The number of aromatic nitrogens is 2. The van der Waals surface area contributed by atoms with E-state index in [0.29, 0.717) is 18.0 Å². The number of Topliss-reactive ketones (excluding diaryl/α,β-unsaturated/α-hetero) is 1. The first kappa shape index (κ1) is 16.9. The molecule has 0 saturated carbocycles. The monoisotopic (exact) mass is 366 g/mol. The van der Waals surface area contributed by atoms with Gasteiger partial charge in [-0.1, -0.05) is 23.7 Å². The van der Waals surface area contributed by atoms with Crippen molar-refractivity contribution < 1.29 is 9.53 Å². The summed E-state index contributed by atoms with van der Waals surface area (Å²) in [5, 5.41) is 0.697. The Hall–Kier alpha value is -2.59. The summed E-state index contributed by atoms with van der Waals surface area (Å²) in [5.74, 6) is 1.00. The molecule has 1 unspecified atom stereocenters. The third kappa shape index (κ3) is 3.65. The highest BCUT2D eigenvalue weighted by Gasteiger charge is 2.19. The van der Waals surface area contributed by atoms with Crippen molar-refractivity contribution in [3.05, 3.63) is 82.9 Å². The quantitative estimate of drug-likeness (QED) is 0.646. The van der Waals surface area contributed by atoms with Gasteiger partial charge in [0.1, 0.15) is 11.9 Å². The third-order valence-electron chi connectivity index (χ3n) is 4.68. The summed E-state index contributed by atoms with van der Waals surface area (Å²) in [4.78, 5) is 16.1. The van der Waals surface area contributed by atoms with Crippen LogP contribution in [0.2, 0.25) is 5.02 Å². The van der Waals surface area contributed by atoms with Crippen molar-refractivity contribution >= 4 is 17.4 Å². The van der Waals surface area contributed by atoms with E-state index in [-0.39, 0.29) is 11.9 Å². The molecule has 0 aliphatic heterocycles. The molecule has 26 heavy (non-hydrogen) atoms. The van der Waals surface area contributed by atoms with Gasteiger partial charge in [-0.25, -0.2) is 4.98 Å². The largest absolute Gasteiger partial charge is 0.484 e. The molecule has 1 aromatic heterocycles. The van der Waals surface area contributed by atoms with Gasteiger partial charge in [-0.3, -0.25) is 4.79 Å². The number of rotatable bonds is 5. The van der Waals surface area contributed by atoms with Crippen LogP contribution in [0.3, 0.4) is 0 Å². The Bertz CT molecular complexity index is 904. The molecule has 4 nitrogen and oxygen atoms in total. The first-order chi connectivity index (χ1) is 12.7. The molecule has 132 valence electrons. The number of hydrogen-bond acceptors (Lipinski definition) is 3. The Balaban J connectivity index is 1.62. The zero-order valence-electron chi connectivity index (χ0n) is 14.3. The second kappa shape index (κ2) is 7.34. The lowest BCUT2D eigenvalue weighted by atomic mass is 9.90. The van der Waals surface area contributed by atoms with E-state index in [9.17, 15) is 4.79 Å². The summed E-state index contributed by atoms with van der Waals surface area (Å²) < 4.78 is 8.30. The van der Waals surface area contributed by atoms with Crippen molar-refractivity contribution in [2.45, 2.75) is 31.9 Å². The second-order valence-corrected chi connectivity index (χ2v) is 6.95. The molecule has 1 atom stereocenters. The summed E-state index contributed by atoms with van der Waals surface area (Å²) in [6.45, 7) is 0.637. The molecule has 0 N–H and O–H groups in total. The summed E-state index contributed by atoms with van der Waals surface area (Å²) in [6, 6.07) is 13.5. The predicted molar refractivity (Wildman–Crippen MR) is 101 cm³/mol. The van der Waals surface area contributed by atoms with Crippen molar-refractivity contribution in [1.82, 2.24) is 9.55 Å². The molecule has 0 radical (unpaired) electrons. The van der Waals surface area contributed by atoms with Gasteiger partial charge in [0.05, 0.1) is 12.9 Å². The average Bonchev–Trinajstić information content (AvgIpc) is 3.15. The number of imidazole rings is 1. The smallest absolute Gasteiger partial charge is 0.163 e. The van der Waals surface area contributed by atoms with Crippen LogP contribution in [0.25, 0.3) is 0 Å². The van der Waals surface area contributed by atoms with Crippen LogP contribution in [0.15, 0.2) is 61.2 Å². The molecule has 0 bridgehead atoms. The number of nitrogens with zero attached hydrogens (tertiary/aromatic N) is 2. The van der Waals surface area contributed by atoms with Crippen LogP contribution in [0.5, 0.6) is 5.75 Å². The fraction of sp³-hybridized carbons (Fsp3) is 0.238. The van der Waals surface area contributed by atoms with Gasteiger partial charge in [0.15, 0.2) is 5.78 Å². The van der Waals surface area contributed by atoms with Gasteiger partial charge in [-0.05, 0) is 54.3 Å². The molecule has 0 amide bonds. The Labute approximate surface area is 157 Å². The van der Waals surface area contributed by atoms with Crippen LogP contribution >= 0.6 is 11.6 Å². The van der Waals surface area contributed by atoms with Gasteiger partial charge in [0.25, 0.3) is 0 Å². The van der Waals surface area contributed by atoms with Crippen LogP contribution < -0.4 is 4.74 Å². The van der Waals surface area contributed by atoms with Gasteiger partial charge in [0, 0.05) is 29.4 Å². The number of ether oxygens (including phenoxy) is 1. The van der Waals surface area contributed by atoms with Gasteiger partial charge in [-0.2, -0.15) is 0 Å². The molecule has 1 aliphatic carbocycles. The fourth-order valence-corrected chi connectivity index (χ4v) is 3.46. The zero-order chi connectivity index (χ0) is 17.9. The summed E-state index contributed by atoms with van der Waals surface area (Å²) in [5.41, 5.74) is 2.95. The van der Waals surface area contributed by atoms with Crippen molar-refractivity contribution in [3.63, 3.8) is 0 Å². The van der Waals surface area contributed by atoms with Gasteiger partial charge in [-0.15, -0.1) is 0 Å². The van der Waals surface area contributed by atoms with Crippen LogP contribution in [0.4, 0.5) is 0 Å². The zero-order valence-corrected chi connectivity index (χ0v) is 15.0. The Kier molecular flexibility index (Phi) is 4.76. The number of hydrogen-bond donors (Lipinski definition) is 0. The van der Waals surface area contributed by atoms with E-state index < -0.39 is 0 Å². The predicted octanol–water partition coefficient (Wildman–Crippen LogP) is 4.88. The first-order valence-corrected chi connectivity index (χ1v) is 9.11. The van der Waals surface area contributed by atoms with Crippen LogP contribution in [0, 0.1) is 0 Å². The van der Waals surface area contributed by atoms with Crippen molar-refractivity contribution in [2.24, 2.45) is 0 Å². The van der Waals surface area contributed by atoms with E-state index in [1.165, 1.54) is 0 Å². The van der Waals surface area contributed by atoms with Crippen LogP contribution in [-0.4, -0.2) is 15.3 Å². The maximum absolute atomic E-state index is 12.0. The van der Waals surface area contributed by atoms with E-state index in [2.05, 4.69) is 4.98 Å². The number of carbonyl (C=O) groups is 1. The van der Waals surface area contributed by atoms with E-state index in [0.717, 1.165) is 35.3 Å². The minimum Gasteiger partial charge on any atom is -0.484 e. The molecule has 1 aliphatic rings. The maximum atomic E-state index is 12.0. The lowest BCUT2D eigenvalue weighted by Crippen LogP contribution is -2.16. The highest BCUT2D eigenvalue weighted by Crippen LogP contribution is 2.29.